The van der Waals surface area contributed by atoms with E-state index in [4.69, 9.17) is 5.73 Å². The predicted molar refractivity (Wildman–Crippen MR) is 71.7 cm³/mol. The summed E-state index contributed by atoms with van der Waals surface area (Å²) in [5.41, 5.74) is 6.96. The molecule has 0 saturated carbocycles. The number of fused-ring (bicyclic) bond motifs is 1. The van der Waals surface area contributed by atoms with Crippen molar-refractivity contribution in [1.29, 1.82) is 0 Å². The Hall–Kier alpha value is -2.70. The Labute approximate surface area is 117 Å². The van der Waals surface area contributed by atoms with E-state index in [2.05, 4.69) is 9.72 Å². The number of para-hydroxylation sites is 1. The zero-order valence-corrected chi connectivity index (χ0v) is 10.6. The first kappa shape index (κ1) is 13.3. The van der Waals surface area contributed by atoms with Crippen molar-refractivity contribution in [3.63, 3.8) is 0 Å². The van der Waals surface area contributed by atoms with Gasteiger partial charge in [-0.15, -0.1) is 13.2 Å². The van der Waals surface area contributed by atoms with Crippen molar-refractivity contribution in [1.82, 2.24) is 9.38 Å². The molecular formula is C14H10F3N3O. The molecule has 0 spiro atoms. The van der Waals surface area contributed by atoms with Crippen LogP contribution in [0.15, 0.2) is 48.7 Å². The Bertz CT molecular complexity index is 796. The number of hydrogen-bond donors (Lipinski definition) is 1. The molecule has 4 nitrogen and oxygen atoms in total. The van der Waals surface area contributed by atoms with Gasteiger partial charge in [0, 0.05) is 11.8 Å². The lowest BCUT2D eigenvalue weighted by molar-refractivity contribution is -0.274. The molecule has 0 aliphatic rings. The first-order valence-electron chi connectivity index (χ1n) is 6.03. The molecular weight excluding hydrogens is 283 g/mol. The summed E-state index contributed by atoms with van der Waals surface area (Å²) < 4.78 is 43.0. The lowest BCUT2D eigenvalue weighted by Gasteiger charge is -2.12. The van der Waals surface area contributed by atoms with E-state index in [1.165, 1.54) is 18.2 Å². The number of anilines is 1. The summed E-state index contributed by atoms with van der Waals surface area (Å²) in [6, 6.07) is 11.0. The molecule has 2 aromatic heterocycles. The third kappa shape index (κ3) is 2.49. The van der Waals surface area contributed by atoms with E-state index in [1.54, 1.807) is 34.9 Å². The van der Waals surface area contributed by atoms with Gasteiger partial charge < -0.3 is 10.5 Å². The molecule has 108 valence electrons. The van der Waals surface area contributed by atoms with Crippen LogP contribution in [-0.4, -0.2) is 15.7 Å². The number of pyridine rings is 1. The number of alkyl halides is 3. The van der Waals surface area contributed by atoms with Gasteiger partial charge in [-0.25, -0.2) is 4.98 Å². The fourth-order valence-electron chi connectivity index (χ4n) is 2.09. The fourth-order valence-corrected chi connectivity index (χ4v) is 2.09. The fraction of sp³-hybridized carbons (Fsp3) is 0.0714. The summed E-state index contributed by atoms with van der Waals surface area (Å²) in [7, 11) is 0. The van der Waals surface area contributed by atoms with Gasteiger partial charge in [-0.2, -0.15) is 0 Å². The quantitative estimate of drug-likeness (QED) is 0.787. The minimum Gasteiger partial charge on any atom is -0.405 e. The van der Waals surface area contributed by atoms with Crippen LogP contribution in [0.5, 0.6) is 5.75 Å². The number of aromatic nitrogens is 2. The number of nitrogens with zero attached hydrogens (tertiary/aromatic N) is 2. The molecule has 7 heteroatoms. The molecule has 0 bridgehead atoms. The summed E-state index contributed by atoms with van der Waals surface area (Å²) in [6.07, 6.45) is -3.08. The van der Waals surface area contributed by atoms with Gasteiger partial charge >= 0.3 is 6.36 Å². The first-order chi connectivity index (χ1) is 9.96. The van der Waals surface area contributed by atoms with E-state index < -0.39 is 6.36 Å². The highest BCUT2D eigenvalue weighted by Gasteiger charge is 2.32. The van der Waals surface area contributed by atoms with Gasteiger partial charge in [-0.1, -0.05) is 18.2 Å². The standard InChI is InChI=1S/C14H10F3N3O/c15-14(16,17)21-10-6-2-1-5-9(10)12-13(18)20-8-4-3-7-11(20)19-12/h1-8H,18H2. The van der Waals surface area contributed by atoms with Crippen LogP contribution in [0.2, 0.25) is 0 Å². The Kier molecular flexibility index (Phi) is 2.97. The number of halogens is 3. The largest absolute Gasteiger partial charge is 0.573 e. The molecule has 0 aliphatic carbocycles. The second-order valence-corrected chi connectivity index (χ2v) is 4.32. The second-order valence-electron chi connectivity index (χ2n) is 4.32. The number of nitrogen functional groups attached to an aromatic ring is 1. The van der Waals surface area contributed by atoms with E-state index in [1.807, 2.05) is 0 Å². The molecule has 0 aliphatic heterocycles. The molecule has 2 N–H and O–H groups in total. The van der Waals surface area contributed by atoms with Crippen LogP contribution in [0.4, 0.5) is 19.0 Å². The molecule has 0 fully saturated rings. The SMILES string of the molecule is Nc1c(-c2ccccc2OC(F)(F)F)nc2ccccn12. The Balaban J connectivity index is 2.17. The van der Waals surface area contributed by atoms with Gasteiger partial charge in [-0.3, -0.25) is 4.40 Å². The Morgan fingerprint density at radius 1 is 1.05 bits per heavy atom. The lowest BCUT2D eigenvalue weighted by Crippen LogP contribution is -2.17. The number of ether oxygens (including phenoxy) is 1. The van der Waals surface area contributed by atoms with Gasteiger partial charge in [0.1, 0.15) is 22.9 Å². The van der Waals surface area contributed by atoms with Crippen molar-refractivity contribution in [2.45, 2.75) is 6.36 Å². The highest BCUT2D eigenvalue weighted by molar-refractivity contribution is 5.78. The summed E-state index contributed by atoms with van der Waals surface area (Å²) in [5, 5.41) is 0. The molecule has 1 aromatic carbocycles. The van der Waals surface area contributed by atoms with Crippen LogP contribution in [0.25, 0.3) is 16.9 Å². The molecule has 0 radical (unpaired) electrons. The summed E-state index contributed by atoms with van der Waals surface area (Å²) in [6.45, 7) is 0. The van der Waals surface area contributed by atoms with Gasteiger partial charge in [0.2, 0.25) is 0 Å². The van der Waals surface area contributed by atoms with E-state index in [-0.39, 0.29) is 22.8 Å². The third-order valence-corrected chi connectivity index (χ3v) is 2.93. The summed E-state index contributed by atoms with van der Waals surface area (Å²) >= 11 is 0. The van der Waals surface area contributed by atoms with Crippen molar-refractivity contribution >= 4 is 11.5 Å². The average molecular weight is 293 g/mol. The van der Waals surface area contributed by atoms with E-state index in [9.17, 15) is 13.2 Å². The Morgan fingerprint density at radius 2 is 1.76 bits per heavy atom. The predicted octanol–water partition coefficient (Wildman–Crippen LogP) is 3.48. The van der Waals surface area contributed by atoms with Crippen molar-refractivity contribution < 1.29 is 17.9 Å². The van der Waals surface area contributed by atoms with Gasteiger partial charge in [0.15, 0.2) is 0 Å². The molecule has 0 atom stereocenters. The molecule has 21 heavy (non-hydrogen) atoms. The maximum Gasteiger partial charge on any atom is 0.573 e. The van der Waals surface area contributed by atoms with Crippen molar-refractivity contribution in [3.8, 4) is 17.0 Å². The molecule has 0 saturated heterocycles. The first-order valence-corrected chi connectivity index (χ1v) is 6.03. The van der Waals surface area contributed by atoms with Crippen LogP contribution in [0, 0.1) is 0 Å². The van der Waals surface area contributed by atoms with Crippen molar-refractivity contribution in [3.05, 3.63) is 48.7 Å². The van der Waals surface area contributed by atoms with Crippen LogP contribution in [-0.2, 0) is 0 Å². The second kappa shape index (κ2) is 4.69. The molecule has 0 unspecified atom stereocenters. The van der Waals surface area contributed by atoms with Crippen molar-refractivity contribution in [2.75, 3.05) is 5.73 Å². The molecule has 0 amide bonds. The maximum atomic E-state index is 12.5. The normalized spacial score (nSPS) is 11.8. The van der Waals surface area contributed by atoms with Crippen LogP contribution in [0.3, 0.4) is 0 Å². The topological polar surface area (TPSA) is 52.5 Å². The minimum absolute atomic E-state index is 0.191. The van der Waals surface area contributed by atoms with E-state index in [0.29, 0.717) is 5.65 Å². The number of hydrogen-bond acceptors (Lipinski definition) is 3. The van der Waals surface area contributed by atoms with Gasteiger partial charge in [0.05, 0.1) is 0 Å². The highest BCUT2D eigenvalue weighted by Crippen LogP contribution is 2.36. The Morgan fingerprint density at radius 3 is 2.48 bits per heavy atom. The molecule has 3 rings (SSSR count). The number of benzene rings is 1. The van der Waals surface area contributed by atoms with E-state index >= 15 is 0 Å². The van der Waals surface area contributed by atoms with Crippen LogP contribution in [0.1, 0.15) is 0 Å². The van der Waals surface area contributed by atoms with Crippen LogP contribution >= 0.6 is 0 Å². The third-order valence-electron chi connectivity index (χ3n) is 2.93. The molecule has 2 heterocycles. The molecule has 3 aromatic rings. The number of nitrogens with two attached hydrogens (primary N) is 1. The zero-order chi connectivity index (χ0) is 15.0. The summed E-state index contributed by atoms with van der Waals surface area (Å²) in [4.78, 5) is 4.26. The van der Waals surface area contributed by atoms with Crippen LogP contribution < -0.4 is 10.5 Å². The highest BCUT2D eigenvalue weighted by atomic mass is 19.4. The number of rotatable bonds is 2. The monoisotopic (exact) mass is 293 g/mol. The van der Waals surface area contributed by atoms with E-state index in [0.717, 1.165) is 0 Å². The number of imidazole rings is 1. The minimum atomic E-state index is -4.77. The zero-order valence-electron chi connectivity index (χ0n) is 10.6. The average Bonchev–Trinajstić information content (AvgIpc) is 2.76. The maximum absolute atomic E-state index is 12.5. The summed E-state index contributed by atoms with van der Waals surface area (Å²) in [5.74, 6) is -0.0797. The van der Waals surface area contributed by atoms with Gasteiger partial charge in [-0.05, 0) is 24.3 Å². The smallest absolute Gasteiger partial charge is 0.405 e. The van der Waals surface area contributed by atoms with Gasteiger partial charge in [0.25, 0.3) is 0 Å². The lowest BCUT2D eigenvalue weighted by atomic mass is 10.1. The van der Waals surface area contributed by atoms with Crippen molar-refractivity contribution in [2.24, 2.45) is 0 Å².